The summed E-state index contributed by atoms with van der Waals surface area (Å²) in [6.07, 6.45) is 3.99. The summed E-state index contributed by atoms with van der Waals surface area (Å²) in [5.41, 5.74) is 4.34. The molecule has 2 heterocycles. The number of hydrogen-bond donors (Lipinski definition) is 2. The third-order valence-electron chi connectivity index (χ3n) is 5.52. The fourth-order valence-electron chi connectivity index (χ4n) is 3.24. The molecule has 0 saturated carbocycles. The van der Waals surface area contributed by atoms with E-state index in [4.69, 9.17) is 5.21 Å². The van der Waals surface area contributed by atoms with Crippen LogP contribution in [0.5, 0.6) is 0 Å². The lowest BCUT2D eigenvalue weighted by Crippen LogP contribution is -2.49. The van der Waals surface area contributed by atoms with Crippen molar-refractivity contribution in [3.63, 3.8) is 0 Å². The molecule has 1 aromatic carbocycles. The molecule has 2 aromatic heterocycles. The van der Waals surface area contributed by atoms with Crippen LogP contribution in [0.25, 0.3) is 22.4 Å². The van der Waals surface area contributed by atoms with Crippen molar-refractivity contribution in [2.45, 2.75) is 31.6 Å². The molecule has 0 saturated heterocycles. The predicted octanol–water partition coefficient (Wildman–Crippen LogP) is 1.98. The molecule has 0 aliphatic rings. The Kier molecular flexibility index (Phi) is 6.56. The number of rotatable bonds is 7. The van der Waals surface area contributed by atoms with Crippen LogP contribution >= 0.6 is 0 Å². The molecule has 1 amide bonds. The van der Waals surface area contributed by atoms with E-state index in [2.05, 4.69) is 9.97 Å². The molecule has 0 unspecified atom stereocenters. The van der Waals surface area contributed by atoms with Gasteiger partial charge in [0, 0.05) is 36.8 Å². The lowest BCUT2D eigenvalue weighted by molar-refractivity contribution is -0.131. The van der Waals surface area contributed by atoms with Crippen LogP contribution in [0.1, 0.15) is 19.2 Å². The van der Waals surface area contributed by atoms with Crippen LogP contribution in [0.4, 0.5) is 0 Å². The van der Waals surface area contributed by atoms with Gasteiger partial charge in [0.25, 0.3) is 11.5 Å². The maximum Gasteiger partial charge on any atom is 0.264 e. The average molecular weight is 457 g/mol. The third-order valence-corrected chi connectivity index (χ3v) is 7.54. The van der Waals surface area contributed by atoms with Crippen molar-refractivity contribution in [3.8, 4) is 22.4 Å². The smallest absolute Gasteiger partial charge is 0.264 e. The van der Waals surface area contributed by atoms with E-state index in [1.807, 2.05) is 37.3 Å². The largest absolute Gasteiger partial charge is 0.315 e. The zero-order valence-electron chi connectivity index (χ0n) is 17.9. The quantitative estimate of drug-likeness (QED) is 0.410. The second-order valence-corrected chi connectivity index (χ2v) is 10.2. The molecule has 9 nitrogen and oxygen atoms in total. The Balaban J connectivity index is 1.81. The zero-order chi connectivity index (χ0) is 23.5. The number of amides is 1. The van der Waals surface area contributed by atoms with Gasteiger partial charge in [-0.3, -0.25) is 14.8 Å². The van der Waals surface area contributed by atoms with Gasteiger partial charge in [-0.2, -0.15) is 0 Å². The molecule has 0 bridgehead atoms. The number of aromatic nitrogens is 3. The molecular formula is C22H24N4O5S. The van der Waals surface area contributed by atoms with Gasteiger partial charge in [0.15, 0.2) is 14.6 Å². The number of hydrogen-bond acceptors (Lipinski definition) is 7. The molecule has 0 fully saturated rings. The first-order valence-corrected chi connectivity index (χ1v) is 11.7. The first-order chi connectivity index (χ1) is 15.0. The summed E-state index contributed by atoms with van der Waals surface area (Å²) in [7, 11) is -3.84. The van der Waals surface area contributed by atoms with Gasteiger partial charge in [-0.25, -0.2) is 23.9 Å². The zero-order valence-corrected chi connectivity index (χ0v) is 18.8. The van der Waals surface area contributed by atoms with Crippen molar-refractivity contribution < 1.29 is 18.4 Å². The normalized spacial score (nSPS) is 13.4. The lowest BCUT2D eigenvalue weighted by atomic mass is 10.0. The molecule has 0 aliphatic carbocycles. The van der Waals surface area contributed by atoms with Crippen molar-refractivity contribution in [2.24, 2.45) is 0 Å². The van der Waals surface area contributed by atoms with Crippen LogP contribution in [-0.4, -0.2) is 45.1 Å². The molecule has 32 heavy (non-hydrogen) atoms. The predicted molar refractivity (Wildman–Crippen MR) is 120 cm³/mol. The summed E-state index contributed by atoms with van der Waals surface area (Å²) in [5, 5.41) is 8.91. The van der Waals surface area contributed by atoms with E-state index in [0.29, 0.717) is 11.4 Å². The van der Waals surface area contributed by atoms with Crippen molar-refractivity contribution in [2.75, 3.05) is 6.26 Å². The fourth-order valence-corrected chi connectivity index (χ4v) is 4.09. The number of aryl methyl sites for hydroxylation is 2. The number of nitrogens with zero attached hydrogens (tertiary/aromatic N) is 3. The highest BCUT2D eigenvalue weighted by molar-refractivity contribution is 7.92. The number of pyridine rings is 1. The highest BCUT2D eigenvalue weighted by atomic mass is 32.2. The standard InChI is InChI=1S/C22H24N4O5S/c1-15-23-11-8-19(24-15)17-6-4-16(5-7-17)18-9-12-26(20(27)14-18)13-10-22(2,21(28)25-29)32(3,30)31/h4-9,11-12,14,29H,10,13H2,1-3H3,(H,25,28)/t22-/m1/s1. The van der Waals surface area contributed by atoms with E-state index in [1.54, 1.807) is 18.5 Å². The Morgan fingerprint density at radius 2 is 1.78 bits per heavy atom. The van der Waals surface area contributed by atoms with E-state index < -0.39 is 20.5 Å². The summed E-state index contributed by atoms with van der Waals surface area (Å²) < 4.78 is 23.6. The highest BCUT2D eigenvalue weighted by Gasteiger charge is 2.43. The van der Waals surface area contributed by atoms with Gasteiger partial charge in [-0.05, 0) is 43.5 Å². The number of sulfone groups is 1. The summed E-state index contributed by atoms with van der Waals surface area (Å²) in [6, 6.07) is 12.6. The Morgan fingerprint density at radius 3 is 2.34 bits per heavy atom. The summed E-state index contributed by atoms with van der Waals surface area (Å²) in [6.45, 7) is 3.03. The van der Waals surface area contributed by atoms with Gasteiger partial charge in [0.2, 0.25) is 0 Å². The molecule has 3 rings (SSSR count). The van der Waals surface area contributed by atoms with Crippen LogP contribution in [0.15, 0.2) is 59.7 Å². The van der Waals surface area contributed by atoms with Crippen molar-refractivity contribution in [1.29, 1.82) is 0 Å². The average Bonchev–Trinajstić information content (AvgIpc) is 2.76. The van der Waals surface area contributed by atoms with Crippen molar-refractivity contribution >= 4 is 15.7 Å². The first kappa shape index (κ1) is 23.3. The molecule has 10 heteroatoms. The molecule has 0 radical (unpaired) electrons. The van der Waals surface area contributed by atoms with E-state index in [1.165, 1.54) is 23.0 Å². The van der Waals surface area contributed by atoms with Crippen LogP contribution in [0.2, 0.25) is 0 Å². The Morgan fingerprint density at radius 1 is 1.12 bits per heavy atom. The van der Waals surface area contributed by atoms with E-state index in [-0.39, 0.29) is 18.5 Å². The topological polar surface area (TPSA) is 131 Å². The first-order valence-electron chi connectivity index (χ1n) is 9.80. The van der Waals surface area contributed by atoms with E-state index >= 15 is 0 Å². The third kappa shape index (κ3) is 4.76. The van der Waals surface area contributed by atoms with Gasteiger partial charge >= 0.3 is 0 Å². The van der Waals surface area contributed by atoms with Gasteiger partial charge in [-0.1, -0.05) is 24.3 Å². The maximum absolute atomic E-state index is 12.6. The monoisotopic (exact) mass is 456 g/mol. The molecule has 0 spiro atoms. The number of carbonyl (C=O) groups is 1. The SMILES string of the molecule is Cc1nccc(-c2ccc(-c3ccn(CC[C@](C)(C(=O)NO)S(C)(=O)=O)c(=O)c3)cc2)n1. The van der Waals surface area contributed by atoms with Gasteiger partial charge < -0.3 is 4.57 Å². The molecule has 2 N–H and O–H groups in total. The highest BCUT2D eigenvalue weighted by Crippen LogP contribution is 2.24. The van der Waals surface area contributed by atoms with Crippen molar-refractivity contribution in [3.05, 3.63) is 71.0 Å². The Bertz CT molecular complexity index is 1300. The van der Waals surface area contributed by atoms with Crippen molar-refractivity contribution in [1.82, 2.24) is 20.0 Å². The van der Waals surface area contributed by atoms with Crippen LogP contribution in [-0.2, 0) is 21.2 Å². The summed E-state index contributed by atoms with van der Waals surface area (Å²) in [4.78, 5) is 33.0. The Hall–Kier alpha value is -3.37. The fraction of sp³-hybridized carbons (Fsp3) is 0.273. The minimum absolute atomic E-state index is 0.0118. The second kappa shape index (κ2) is 9.01. The number of benzene rings is 1. The molecule has 1 atom stereocenters. The summed E-state index contributed by atoms with van der Waals surface area (Å²) >= 11 is 0. The molecule has 0 aliphatic heterocycles. The maximum atomic E-state index is 12.6. The number of carbonyl (C=O) groups excluding carboxylic acids is 1. The lowest BCUT2D eigenvalue weighted by Gasteiger charge is -2.25. The van der Waals surface area contributed by atoms with Gasteiger partial charge in [0.1, 0.15) is 5.82 Å². The Labute approximate surface area is 185 Å². The molecule has 3 aromatic rings. The number of nitrogens with one attached hydrogen (secondary N) is 1. The minimum Gasteiger partial charge on any atom is -0.315 e. The van der Waals surface area contributed by atoms with Crippen LogP contribution in [0.3, 0.4) is 0 Å². The minimum atomic E-state index is -3.84. The van der Waals surface area contributed by atoms with Crippen LogP contribution < -0.4 is 11.0 Å². The van der Waals surface area contributed by atoms with E-state index in [9.17, 15) is 18.0 Å². The number of hydroxylamine groups is 1. The second-order valence-electron chi connectivity index (χ2n) is 7.71. The van der Waals surface area contributed by atoms with Gasteiger partial charge in [0.05, 0.1) is 5.69 Å². The molecule has 168 valence electrons. The van der Waals surface area contributed by atoms with Crippen LogP contribution in [0, 0.1) is 6.92 Å². The summed E-state index contributed by atoms with van der Waals surface area (Å²) in [5.74, 6) is -0.359. The van der Waals surface area contributed by atoms with E-state index in [0.717, 1.165) is 23.1 Å². The van der Waals surface area contributed by atoms with Gasteiger partial charge in [-0.15, -0.1) is 0 Å². The molecular weight excluding hydrogens is 432 g/mol.